The first kappa shape index (κ1) is 28.4. The van der Waals surface area contributed by atoms with Gasteiger partial charge in [0.15, 0.2) is 6.10 Å². The first-order valence-electron chi connectivity index (χ1n) is 13.9. The molecule has 0 aromatic carbocycles. The summed E-state index contributed by atoms with van der Waals surface area (Å²) in [7, 11) is 0. The molecule has 3 N–H and O–H groups in total. The summed E-state index contributed by atoms with van der Waals surface area (Å²) in [5.41, 5.74) is -1.39. The lowest BCUT2D eigenvalue weighted by Gasteiger charge is -2.58. The van der Waals surface area contributed by atoms with Crippen LogP contribution in [-0.4, -0.2) is 95.9 Å². The Hall–Kier alpha value is -2.08. The van der Waals surface area contributed by atoms with Gasteiger partial charge in [-0.05, 0) is 37.7 Å². The zero-order chi connectivity index (χ0) is 28.0. The molecule has 3 heterocycles. The Labute approximate surface area is 228 Å². The minimum atomic E-state index is -1.37. The van der Waals surface area contributed by atoms with E-state index in [1.165, 1.54) is 6.08 Å². The lowest BCUT2D eigenvalue weighted by atomic mass is 9.51. The monoisotopic (exact) mass is 548 g/mol. The van der Waals surface area contributed by atoms with Crippen molar-refractivity contribution in [3.63, 3.8) is 0 Å². The molecule has 2 bridgehead atoms. The van der Waals surface area contributed by atoms with Gasteiger partial charge in [-0.3, -0.25) is 0 Å². The van der Waals surface area contributed by atoms with Crippen molar-refractivity contribution in [2.45, 2.75) is 88.7 Å². The minimum absolute atomic E-state index is 0.0585. The van der Waals surface area contributed by atoms with Gasteiger partial charge in [0.1, 0.15) is 24.4 Å². The SMILES string of the molecule is CC(O)C1/C=C/C=C/C(=O)OC2CC3OC4C=C(CO)CCC4(COC(=O)C(O)C(C)CCO1)C2(C)C31CO1. The van der Waals surface area contributed by atoms with E-state index in [1.54, 1.807) is 32.1 Å². The molecule has 10 nitrogen and oxygen atoms in total. The first-order chi connectivity index (χ1) is 18.6. The summed E-state index contributed by atoms with van der Waals surface area (Å²) in [6.45, 7) is 5.87. The number of carbonyl (C=O) groups is 2. The van der Waals surface area contributed by atoms with Crippen LogP contribution in [0.1, 0.15) is 46.5 Å². The summed E-state index contributed by atoms with van der Waals surface area (Å²) >= 11 is 0. The maximum absolute atomic E-state index is 13.1. The van der Waals surface area contributed by atoms with E-state index >= 15 is 0 Å². The number of ether oxygens (including phenoxy) is 5. The molecular weight excluding hydrogens is 508 g/mol. The Balaban J connectivity index is 1.51. The third-order valence-electron chi connectivity index (χ3n) is 9.81. The van der Waals surface area contributed by atoms with Crippen molar-refractivity contribution in [1.82, 2.24) is 0 Å². The van der Waals surface area contributed by atoms with Crippen molar-refractivity contribution in [2.75, 3.05) is 26.4 Å². The van der Waals surface area contributed by atoms with E-state index in [0.717, 1.165) is 5.57 Å². The molecule has 0 radical (unpaired) electrons. The lowest BCUT2D eigenvalue weighted by Crippen LogP contribution is -2.67. The fraction of sp³-hybridized carbons (Fsp3) is 0.724. The quantitative estimate of drug-likeness (QED) is 0.263. The van der Waals surface area contributed by atoms with Crippen LogP contribution >= 0.6 is 0 Å². The van der Waals surface area contributed by atoms with E-state index in [2.05, 4.69) is 0 Å². The van der Waals surface area contributed by atoms with Crippen LogP contribution in [0.15, 0.2) is 36.0 Å². The number of epoxide rings is 1. The second-order valence-electron chi connectivity index (χ2n) is 11.9. The van der Waals surface area contributed by atoms with E-state index < -0.39 is 64.8 Å². The predicted molar refractivity (Wildman–Crippen MR) is 137 cm³/mol. The van der Waals surface area contributed by atoms with Crippen LogP contribution in [0, 0.1) is 16.7 Å². The van der Waals surface area contributed by atoms with Gasteiger partial charge in [-0.15, -0.1) is 0 Å². The number of rotatable bonds is 2. The molecule has 5 rings (SSSR count). The molecule has 0 aromatic rings. The zero-order valence-corrected chi connectivity index (χ0v) is 22.8. The standard InChI is InChI=1S/C29H40O10/c1-17-9-11-35-20(18(2)31)6-4-5-7-24(32)39-21-13-23-29(16-37-29)27(21,3)28(15-36-26(34)25(17)33)10-8-19(14-30)12-22(28)38-23/h4-7,12,17-18,20-23,25,30-31,33H,8-11,13-16H2,1-3H3/b6-4+,7-5+. The molecule has 3 aliphatic heterocycles. The summed E-state index contributed by atoms with van der Waals surface area (Å²) < 4.78 is 30.3. The van der Waals surface area contributed by atoms with E-state index in [9.17, 15) is 24.9 Å². The van der Waals surface area contributed by atoms with Crippen molar-refractivity contribution in [1.29, 1.82) is 0 Å². The molecule has 10 atom stereocenters. The predicted octanol–water partition coefficient (Wildman–Crippen LogP) is 1.37. The molecule has 216 valence electrons. The second kappa shape index (κ2) is 10.7. The zero-order valence-electron chi connectivity index (χ0n) is 22.8. The van der Waals surface area contributed by atoms with Gasteiger partial charge < -0.3 is 39.0 Å². The van der Waals surface area contributed by atoms with Gasteiger partial charge in [-0.25, -0.2) is 9.59 Å². The Morgan fingerprint density at radius 2 is 1.95 bits per heavy atom. The van der Waals surface area contributed by atoms with Crippen molar-refractivity contribution in [2.24, 2.45) is 16.7 Å². The molecule has 10 heteroatoms. The largest absolute Gasteiger partial charge is 0.463 e. The molecule has 2 saturated heterocycles. The number of esters is 2. The fourth-order valence-electron chi connectivity index (χ4n) is 7.09. The van der Waals surface area contributed by atoms with Crippen LogP contribution in [-0.2, 0) is 33.3 Å². The van der Waals surface area contributed by atoms with Gasteiger partial charge in [0.25, 0.3) is 0 Å². The summed E-state index contributed by atoms with van der Waals surface area (Å²) in [5, 5.41) is 30.7. The van der Waals surface area contributed by atoms with Crippen molar-refractivity contribution >= 4 is 11.9 Å². The third-order valence-corrected chi connectivity index (χ3v) is 9.81. The molecule has 0 aromatic heterocycles. The summed E-state index contributed by atoms with van der Waals surface area (Å²) in [6, 6.07) is 0. The van der Waals surface area contributed by atoms with Gasteiger partial charge in [-0.2, -0.15) is 0 Å². The highest BCUT2D eigenvalue weighted by Gasteiger charge is 2.83. The average molecular weight is 549 g/mol. The molecule has 2 spiro atoms. The number of hydrogen-bond donors (Lipinski definition) is 3. The highest BCUT2D eigenvalue weighted by molar-refractivity contribution is 5.82. The number of hydrogen-bond acceptors (Lipinski definition) is 10. The molecule has 1 saturated carbocycles. The highest BCUT2D eigenvalue weighted by Crippen LogP contribution is 2.72. The third kappa shape index (κ3) is 4.69. The Kier molecular flexibility index (Phi) is 7.82. The number of aliphatic hydroxyl groups is 3. The van der Waals surface area contributed by atoms with Crippen LogP contribution in [0.4, 0.5) is 0 Å². The van der Waals surface area contributed by atoms with Crippen molar-refractivity contribution in [3.05, 3.63) is 36.0 Å². The smallest absolute Gasteiger partial charge is 0.335 e. The van der Waals surface area contributed by atoms with Crippen LogP contribution in [0.5, 0.6) is 0 Å². The van der Waals surface area contributed by atoms with Gasteiger partial charge in [0, 0.05) is 24.5 Å². The van der Waals surface area contributed by atoms with Gasteiger partial charge in [0.2, 0.25) is 0 Å². The normalized spacial score (nSPS) is 47.1. The van der Waals surface area contributed by atoms with Gasteiger partial charge in [0.05, 0.1) is 36.9 Å². The van der Waals surface area contributed by atoms with Gasteiger partial charge >= 0.3 is 11.9 Å². The summed E-state index contributed by atoms with van der Waals surface area (Å²) in [5.74, 6) is -1.72. The molecular formula is C29H40O10. The molecule has 5 aliphatic rings. The average Bonchev–Trinajstić information content (AvgIpc) is 3.69. The Morgan fingerprint density at radius 1 is 1.18 bits per heavy atom. The van der Waals surface area contributed by atoms with Crippen LogP contribution in [0.25, 0.3) is 0 Å². The maximum Gasteiger partial charge on any atom is 0.335 e. The van der Waals surface area contributed by atoms with E-state index in [4.69, 9.17) is 23.7 Å². The Morgan fingerprint density at radius 3 is 2.64 bits per heavy atom. The topological polar surface area (TPSA) is 144 Å². The number of carbonyl (C=O) groups excluding carboxylic acids is 2. The molecule has 3 fully saturated rings. The number of cyclic esters (lactones) is 1. The maximum atomic E-state index is 13.1. The Bertz CT molecular complexity index is 1040. The molecule has 2 aliphatic carbocycles. The summed E-state index contributed by atoms with van der Waals surface area (Å²) in [6.07, 6.45) is 5.77. The minimum Gasteiger partial charge on any atom is -0.463 e. The first-order valence-corrected chi connectivity index (χ1v) is 13.9. The molecule has 10 unspecified atom stereocenters. The van der Waals surface area contributed by atoms with E-state index in [1.807, 2.05) is 13.0 Å². The van der Waals surface area contributed by atoms with E-state index in [-0.39, 0.29) is 25.9 Å². The highest BCUT2D eigenvalue weighted by atomic mass is 16.6. The molecule has 0 amide bonds. The molecule has 39 heavy (non-hydrogen) atoms. The van der Waals surface area contributed by atoms with Crippen molar-refractivity contribution < 1.29 is 48.6 Å². The fourth-order valence-corrected chi connectivity index (χ4v) is 7.09. The van der Waals surface area contributed by atoms with Crippen LogP contribution < -0.4 is 0 Å². The second-order valence-corrected chi connectivity index (χ2v) is 11.9. The van der Waals surface area contributed by atoms with E-state index in [0.29, 0.717) is 32.3 Å². The summed E-state index contributed by atoms with van der Waals surface area (Å²) in [4.78, 5) is 26.1. The number of allylic oxidation sites excluding steroid dienone is 2. The van der Waals surface area contributed by atoms with Crippen LogP contribution in [0.3, 0.4) is 0 Å². The lowest BCUT2D eigenvalue weighted by molar-refractivity contribution is -0.235. The van der Waals surface area contributed by atoms with Crippen molar-refractivity contribution in [3.8, 4) is 0 Å². The number of aliphatic hydroxyl groups excluding tert-OH is 3. The van der Waals surface area contributed by atoms with Gasteiger partial charge in [-0.1, -0.05) is 38.2 Å². The van der Waals surface area contributed by atoms with Crippen LogP contribution in [0.2, 0.25) is 0 Å².